The van der Waals surface area contributed by atoms with Gasteiger partial charge in [-0.25, -0.2) is 0 Å². The molecule has 9 aromatic carbocycles. The fourth-order valence-corrected chi connectivity index (χ4v) is 7.76. The molecule has 0 amide bonds. The van der Waals surface area contributed by atoms with E-state index in [1.807, 2.05) is 121 Å². The maximum absolute atomic E-state index is 11.8. The third-order valence-corrected chi connectivity index (χ3v) is 10.5. The first-order chi connectivity index (χ1) is 27.1. The summed E-state index contributed by atoms with van der Waals surface area (Å²) in [5.41, 5.74) is 5.45. The highest BCUT2D eigenvalue weighted by molar-refractivity contribution is 6.29. The Labute approximate surface area is 319 Å². The summed E-state index contributed by atoms with van der Waals surface area (Å²) >= 11 is 0. The summed E-state index contributed by atoms with van der Waals surface area (Å²) < 4.78 is 0. The molecular weight excluding hydrogens is 705 g/mol. The summed E-state index contributed by atoms with van der Waals surface area (Å²) in [6.07, 6.45) is 0. The molecule has 0 saturated carbocycles. The number of aromatic hydroxyl groups is 8. The predicted molar refractivity (Wildman–Crippen MR) is 219 cm³/mol. The van der Waals surface area contributed by atoms with Gasteiger partial charge in [-0.05, 0) is 79.5 Å². The van der Waals surface area contributed by atoms with Crippen LogP contribution in [0.15, 0.2) is 146 Å². The van der Waals surface area contributed by atoms with E-state index in [0.29, 0.717) is 11.1 Å². The largest absolute Gasteiger partial charge is 0.504 e. The quantitative estimate of drug-likeness (QED) is 0.0492. The summed E-state index contributed by atoms with van der Waals surface area (Å²) in [7, 11) is 0. The van der Waals surface area contributed by atoms with Crippen molar-refractivity contribution in [3.05, 3.63) is 146 Å². The Morgan fingerprint density at radius 1 is 0.214 bits per heavy atom. The summed E-state index contributed by atoms with van der Waals surface area (Å²) in [5.74, 6) is -7.43. The summed E-state index contributed by atoms with van der Waals surface area (Å²) in [5, 5.41) is 92.5. The molecular formula is C48H32O8. The van der Waals surface area contributed by atoms with Gasteiger partial charge in [0.05, 0.1) is 0 Å². The van der Waals surface area contributed by atoms with Crippen molar-refractivity contribution in [2.45, 2.75) is 0 Å². The normalized spacial score (nSPS) is 11.4. The molecule has 0 unspecified atom stereocenters. The molecule has 8 N–H and O–H groups in total. The van der Waals surface area contributed by atoms with Crippen molar-refractivity contribution >= 4 is 32.3 Å². The van der Waals surface area contributed by atoms with E-state index < -0.39 is 46.0 Å². The van der Waals surface area contributed by atoms with E-state index in [0.717, 1.165) is 44.2 Å². The van der Waals surface area contributed by atoms with Crippen molar-refractivity contribution in [2.24, 2.45) is 0 Å². The maximum atomic E-state index is 11.8. The third-order valence-electron chi connectivity index (χ3n) is 10.5. The van der Waals surface area contributed by atoms with Crippen LogP contribution in [-0.2, 0) is 0 Å². The van der Waals surface area contributed by atoms with Crippen LogP contribution in [0.1, 0.15) is 0 Å². The van der Waals surface area contributed by atoms with Crippen LogP contribution in [0.5, 0.6) is 46.0 Å². The highest BCUT2D eigenvalue weighted by Crippen LogP contribution is 2.62. The van der Waals surface area contributed by atoms with E-state index in [-0.39, 0.29) is 32.7 Å². The van der Waals surface area contributed by atoms with Gasteiger partial charge in [0.25, 0.3) is 0 Å². The number of rotatable bonds is 5. The van der Waals surface area contributed by atoms with Gasteiger partial charge in [-0.3, -0.25) is 0 Å². The second-order valence-corrected chi connectivity index (χ2v) is 13.7. The summed E-state index contributed by atoms with van der Waals surface area (Å²) in [6, 6.07) is 45.5. The topological polar surface area (TPSA) is 162 Å². The molecule has 0 spiro atoms. The molecule has 0 aliphatic heterocycles. The molecule has 0 fully saturated rings. The van der Waals surface area contributed by atoms with Crippen molar-refractivity contribution in [2.75, 3.05) is 0 Å². The van der Waals surface area contributed by atoms with Gasteiger partial charge in [0.2, 0.25) is 23.0 Å². The Morgan fingerprint density at radius 3 is 1.02 bits per heavy atom. The Hall–Kier alpha value is -7.84. The average molecular weight is 737 g/mol. The van der Waals surface area contributed by atoms with E-state index >= 15 is 0 Å². The van der Waals surface area contributed by atoms with Crippen molar-refractivity contribution in [3.63, 3.8) is 0 Å². The molecule has 0 aliphatic rings. The molecule has 0 atom stereocenters. The Kier molecular flexibility index (Phi) is 7.84. The van der Waals surface area contributed by atoms with Crippen LogP contribution in [0.2, 0.25) is 0 Å². The van der Waals surface area contributed by atoms with Crippen molar-refractivity contribution in [1.29, 1.82) is 0 Å². The van der Waals surface area contributed by atoms with Crippen molar-refractivity contribution in [1.82, 2.24) is 0 Å². The zero-order chi connectivity index (χ0) is 38.8. The summed E-state index contributed by atoms with van der Waals surface area (Å²) in [6.45, 7) is 0. The van der Waals surface area contributed by atoms with Crippen molar-refractivity contribution < 1.29 is 40.9 Å². The fraction of sp³-hybridized carbons (Fsp3) is 0. The first kappa shape index (κ1) is 34.0. The van der Waals surface area contributed by atoms with Crippen LogP contribution in [-0.4, -0.2) is 40.9 Å². The monoisotopic (exact) mass is 736 g/mol. The standard InChI is InChI=1S/C48H32O8/c49-41-37-35(29-18-15-28(16-19-29)31-20-17-27-13-7-8-14-30(27)21-31)38-40(44(52)48(56)46(54)42(38)50)36(39(37)43(51)47(55)45(41)53)34-23-32(25-9-3-1-4-10-25)22-33(24-34)26-11-5-2-6-12-26/h1-24,49-56H. The Morgan fingerprint density at radius 2 is 0.554 bits per heavy atom. The third kappa shape index (κ3) is 5.23. The number of fused-ring (bicyclic) bond motifs is 3. The van der Waals surface area contributed by atoms with Gasteiger partial charge in [-0.2, -0.15) is 0 Å². The van der Waals surface area contributed by atoms with E-state index in [9.17, 15) is 40.9 Å². The van der Waals surface area contributed by atoms with Crippen LogP contribution in [0.4, 0.5) is 0 Å². The summed E-state index contributed by atoms with van der Waals surface area (Å²) in [4.78, 5) is 0. The smallest absolute Gasteiger partial charge is 0.204 e. The molecule has 9 rings (SSSR count). The minimum Gasteiger partial charge on any atom is -0.504 e. The van der Waals surface area contributed by atoms with Crippen LogP contribution < -0.4 is 0 Å². The van der Waals surface area contributed by atoms with Gasteiger partial charge in [-0.15, -0.1) is 0 Å². The Balaban J connectivity index is 1.42. The van der Waals surface area contributed by atoms with Crippen LogP contribution in [0.3, 0.4) is 0 Å². The van der Waals surface area contributed by atoms with Gasteiger partial charge in [-0.1, -0.05) is 121 Å². The van der Waals surface area contributed by atoms with E-state index in [1.165, 1.54) is 0 Å². The second kappa shape index (κ2) is 12.9. The van der Waals surface area contributed by atoms with E-state index in [1.54, 1.807) is 24.3 Å². The minimum atomic E-state index is -1.03. The lowest BCUT2D eigenvalue weighted by molar-refractivity contribution is 0.350. The number of hydrogen-bond acceptors (Lipinski definition) is 8. The number of hydrogen-bond donors (Lipinski definition) is 8. The van der Waals surface area contributed by atoms with E-state index in [4.69, 9.17) is 0 Å². The second-order valence-electron chi connectivity index (χ2n) is 13.7. The molecule has 8 nitrogen and oxygen atoms in total. The van der Waals surface area contributed by atoms with Gasteiger partial charge >= 0.3 is 0 Å². The maximum Gasteiger partial charge on any atom is 0.204 e. The number of phenols is 8. The van der Waals surface area contributed by atoms with Gasteiger partial charge in [0.1, 0.15) is 0 Å². The Bertz CT molecular complexity index is 2890. The SMILES string of the molecule is Oc1c(O)c(O)c2c(-c3cc(-c4ccccc4)cc(-c4ccccc4)c3)c3c(O)c(O)c(O)c(O)c3c(-c3ccc(-c4ccc5ccccc5c4)cc3)c2c1O. The lowest BCUT2D eigenvalue weighted by Gasteiger charge is -2.23. The highest BCUT2D eigenvalue weighted by Gasteiger charge is 2.32. The molecule has 272 valence electrons. The molecule has 8 heteroatoms. The van der Waals surface area contributed by atoms with Crippen molar-refractivity contribution in [3.8, 4) is 102 Å². The van der Waals surface area contributed by atoms with Gasteiger partial charge < -0.3 is 40.9 Å². The first-order valence-corrected chi connectivity index (χ1v) is 17.7. The van der Waals surface area contributed by atoms with Crippen LogP contribution in [0, 0.1) is 0 Å². The molecule has 0 aliphatic carbocycles. The van der Waals surface area contributed by atoms with Crippen LogP contribution in [0.25, 0.3) is 88.0 Å². The average Bonchev–Trinajstić information content (AvgIpc) is 3.25. The lowest BCUT2D eigenvalue weighted by Crippen LogP contribution is -1.95. The number of phenolic OH excluding ortho intramolecular Hbond substituents is 8. The molecule has 0 heterocycles. The highest BCUT2D eigenvalue weighted by atomic mass is 16.4. The minimum absolute atomic E-state index is 0.0162. The first-order valence-electron chi connectivity index (χ1n) is 17.7. The lowest BCUT2D eigenvalue weighted by atomic mass is 9.82. The number of benzene rings is 9. The van der Waals surface area contributed by atoms with Crippen LogP contribution >= 0.6 is 0 Å². The molecule has 0 aromatic heterocycles. The van der Waals surface area contributed by atoms with Gasteiger partial charge in [0, 0.05) is 32.7 Å². The molecule has 0 saturated heterocycles. The zero-order valence-electron chi connectivity index (χ0n) is 29.4. The molecule has 0 bridgehead atoms. The fourth-order valence-electron chi connectivity index (χ4n) is 7.76. The zero-order valence-corrected chi connectivity index (χ0v) is 29.4. The molecule has 56 heavy (non-hydrogen) atoms. The molecule has 0 radical (unpaired) electrons. The van der Waals surface area contributed by atoms with E-state index in [2.05, 4.69) is 0 Å². The predicted octanol–water partition coefficient (Wildman–Crippen LogP) is 11.1. The molecule has 9 aromatic rings. The van der Waals surface area contributed by atoms with Gasteiger partial charge in [0.15, 0.2) is 23.0 Å².